The highest BCUT2D eigenvalue weighted by Gasteiger charge is 2.32. The van der Waals surface area contributed by atoms with Crippen LogP contribution in [0.15, 0.2) is 29.6 Å². The number of ether oxygens (including phenoxy) is 1. The Morgan fingerprint density at radius 3 is 2.72 bits per heavy atom. The second-order valence-corrected chi connectivity index (χ2v) is 8.20. The summed E-state index contributed by atoms with van der Waals surface area (Å²) >= 11 is 7.39. The molecule has 6 heteroatoms. The van der Waals surface area contributed by atoms with Gasteiger partial charge in [0.2, 0.25) is 5.91 Å². The van der Waals surface area contributed by atoms with E-state index in [0.717, 1.165) is 35.8 Å². The number of hydrogen-bond donors (Lipinski definition) is 0. The van der Waals surface area contributed by atoms with Crippen LogP contribution in [0.25, 0.3) is 0 Å². The zero-order chi connectivity index (χ0) is 17.8. The first-order chi connectivity index (χ1) is 12.0. The highest BCUT2D eigenvalue weighted by atomic mass is 35.5. The van der Waals surface area contributed by atoms with Gasteiger partial charge < -0.3 is 9.64 Å². The third-order valence-corrected chi connectivity index (χ3v) is 5.10. The number of nitrogens with zero attached hydrogens (tertiary/aromatic N) is 2. The van der Waals surface area contributed by atoms with Crippen molar-refractivity contribution in [1.29, 1.82) is 0 Å². The molecule has 0 atom stereocenters. The lowest BCUT2D eigenvalue weighted by Crippen LogP contribution is -2.37. The number of benzene rings is 1. The van der Waals surface area contributed by atoms with Gasteiger partial charge in [-0.05, 0) is 43.0 Å². The van der Waals surface area contributed by atoms with Gasteiger partial charge in [0, 0.05) is 23.0 Å². The second-order valence-electron chi connectivity index (χ2n) is 6.82. The van der Waals surface area contributed by atoms with Gasteiger partial charge in [-0.3, -0.25) is 4.79 Å². The van der Waals surface area contributed by atoms with Gasteiger partial charge in [-0.15, -0.1) is 11.3 Å². The molecule has 1 heterocycles. The standard InChI is InChI=1S/C19H23ClN2O2S/c1-13(2)10-22(16-5-6-16)19(23)9-15-12-25-18(21-15)11-24-17-7-3-14(20)4-8-17/h3-4,7-8,12-13,16H,5-6,9-11H2,1-2H3. The maximum atomic E-state index is 12.6. The molecule has 2 aromatic rings. The molecular formula is C19H23ClN2O2S. The minimum Gasteiger partial charge on any atom is -0.486 e. The number of halogens is 1. The van der Waals surface area contributed by atoms with E-state index in [-0.39, 0.29) is 5.91 Å². The fraction of sp³-hybridized carbons (Fsp3) is 0.474. The molecule has 25 heavy (non-hydrogen) atoms. The van der Waals surface area contributed by atoms with Crippen LogP contribution >= 0.6 is 22.9 Å². The minimum atomic E-state index is 0.187. The van der Waals surface area contributed by atoms with E-state index in [1.165, 1.54) is 11.3 Å². The zero-order valence-electron chi connectivity index (χ0n) is 14.6. The molecule has 0 aliphatic heterocycles. The predicted molar refractivity (Wildman–Crippen MR) is 101 cm³/mol. The summed E-state index contributed by atoms with van der Waals surface area (Å²) in [5.41, 5.74) is 0.833. The van der Waals surface area contributed by atoms with Crippen LogP contribution in [0, 0.1) is 5.92 Å². The molecule has 3 rings (SSSR count). The fourth-order valence-corrected chi connectivity index (χ4v) is 3.49. The average molecular weight is 379 g/mol. The Morgan fingerprint density at radius 1 is 1.36 bits per heavy atom. The lowest BCUT2D eigenvalue weighted by molar-refractivity contribution is -0.131. The zero-order valence-corrected chi connectivity index (χ0v) is 16.1. The molecule has 1 saturated carbocycles. The molecule has 0 bridgehead atoms. The molecule has 0 spiro atoms. The van der Waals surface area contributed by atoms with Gasteiger partial charge in [0.05, 0.1) is 12.1 Å². The van der Waals surface area contributed by atoms with Crippen LogP contribution in [0.3, 0.4) is 0 Å². The number of amides is 1. The molecule has 1 aromatic heterocycles. The van der Waals surface area contributed by atoms with E-state index >= 15 is 0 Å². The molecular weight excluding hydrogens is 356 g/mol. The minimum absolute atomic E-state index is 0.187. The van der Waals surface area contributed by atoms with Gasteiger partial charge in [0.25, 0.3) is 0 Å². The van der Waals surface area contributed by atoms with Crippen molar-refractivity contribution in [3.63, 3.8) is 0 Å². The lowest BCUT2D eigenvalue weighted by Gasteiger charge is -2.24. The normalized spacial score (nSPS) is 13.9. The maximum absolute atomic E-state index is 12.6. The highest BCUT2D eigenvalue weighted by molar-refractivity contribution is 7.09. The van der Waals surface area contributed by atoms with Crippen LogP contribution in [-0.2, 0) is 17.8 Å². The molecule has 1 aliphatic carbocycles. The highest BCUT2D eigenvalue weighted by Crippen LogP contribution is 2.28. The molecule has 1 fully saturated rings. The van der Waals surface area contributed by atoms with Gasteiger partial charge in [-0.25, -0.2) is 4.98 Å². The Morgan fingerprint density at radius 2 is 2.08 bits per heavy atom. The van der Waals surface area contributed by atoms with Crippen LogP contribution in [0.1, 0.15) is 37.4 Å². The van der Waals surface area contributed by atoms with Crippen molar-refractivity contribution < 1.29 is 9.53 Å². The Labute approximate surface area is 157 Å². The smallest absolute Gasteiger partial charge is 0.228 e. The van der Waals surface area contributed by atoms with E-state index in [0.29, 0.717) is 30.0 Å². The molecule has 1 aromatic carbocycles. The summed E-state index contributed by atoms with van der Waals surface area (Å²) in [7, 11) is 0. The summed E-state index contributed by atoms with van der Waals surface area (Å²) in [6, 6.07) is 7.70. The van der Waals surface area contributed by atoms with Gasteiger partial charge in [-0.2, -0.15) is 0 Å². The third-order valence-electron chi connectivity index (χ3n) is 3.98. The van der Waals surface area contributed by atoms with Gasteiger partial charge >= 0.3 is 0 Å². The van der Waals surface area contributed by atoms with Gasteiger partial charge in [0.1, 0.15) is 17.4 Å². The van der Waals surface area contributed by atoms with Gasteiger partial charge in [0.15, 0.2) is 0 Å². The molecule has 0 N–H and O–H groups in total. The van der Waals surface area contributed by atoms with Crippen molar-refractivity contribution in [3.8, 4) is 5.75 Å². The van der Waals surface area contributed by atoms with E-state index in [9.17, 15) is 4.79 Å². The van der Waals surface area contributed by atoms with Crippen molar-refractivity contribution in [1.82, 2.24) is 9.88 Å². The van der Waals surface area contributed by atoms with E-state index < -0.39 is 0 Å². The van der Waals surface area contributed by atoms with E-state index in [1.807, 2.05) is 22.4 Å². The Bertz CT molecular complexity index is 710. The number of carbonyl (C=O) groups is 1. The number of rotatable bonds is 8. The van der Waals surface area contributed by atoms with E-state index in [2.05, 4.69) is 18.8 Å². The molecule has 1 amide bonds. The first kappa shape index (κ1) is 18.2. The molecule has 4 nitrogen and oxygen atoms in total. The molecule has 1 aliphatic rings. The summed E-state index contributed by atoms with van der Waals surface area (Å²) in [6.45, 7) is 5.54. The second kappa shape index (κ2) is 8.19. The predicted octanol–water partition coefficient (Wildman–Crippen LogP) is 4.57. The number of hydrogen-bond acceptors (Lipinski definition) is 4. The topological polar surface area (TPSA) is 42.4 Å². The molecule has 134 valence electrons. The Kier molecular flexibility index (Phi) is 5.97. The first-order valence-electron chi connectivity index (χ1n) is 8.62. The van der Waals surface area contributed by atoms with Gasteiger partial charge in [-0.1, -0.05) is 25.4 Å². The fourth-order valence-electron chi connectivity index (χ4n) is 2.66. The maximum Gasteiger partial charge on any atom is 0.228 e. The summed E-state index contributed by atoms with van der Waals surface area (Å²) in [5, 5.41) is 3.52. The van der Waals surface area contributed by atoms with Crippen LogP contribution in [-0.4, -0.2) is 28.4 Å². The van der Waals surface area contributed by atoms with Crippen LogP contribution < -0.4 is 4.74 Å². The van der Waals surface area contributed by atoms with Crippen LogP contribution in [0.5, 0.6) is 5.75 Å². The SMILES string of the molecule is CC(C)CN(C(=O)Cc1csc(COc2ccc(Cl)cc2)n1)C1CC1. The Hall–Kier alpha value is -1.59. The lowest BCUT2D eigenvalue weighted by atomic mass is 10.2. The molecule has 0 unspecified atom stereocenters. The third kappa shape index (κ3) is 5.44. The molecule has 0 saturated heterocycles. The van der Waals surface area contributed by atoms with Crippen molar-refractivity contribution in [2.24, 2.45) is 5.92 Å². The average Bonchev–Trinajstić information content (AvgIpc) is 3.32. The Balaban J connectivity index is 1.53. The summed E-state index contributed by atoms with van der Waals surface area (Å²) < 4.78 is 5.71. The molecule has 0 radical (unpaired) electrons. The van der Waals surface area contributed by atoms with Crippen LogP contribution in [0.4, 0.5) is 0 Å². The van der Waals surface area contributed by atoms with E-state index in [4.69, 9.17) is 16.3 Å². The van der Waals surface area contributed by atoms with Crippen LogP contribution in [0.2, 0.25) is 5.02 Å². The monoisotopic (exact) mass is 378 g/mol. The van der Waals surface area contributed by atoms with Crippen molar-refractivity contribution >= 4 is 28.8 Å². The number of carbonyl (C=O) groups excluding carboxylic acids is 1. The number of thiazole rings is 1. The van der Waals surface area contributed by atoms with Crippen molar-refractivity contribution in [3.05, 3.63) is 45.4 Å². The van der Waals surface area contributed by atoms with Crippen molar-refractivity contribution in [2.75, 3.05) is 6.54 Å². The first-order valence-corrected chi connectivity index (χ1v) is 9.88. The summed E-state index contributed by atoms with van der Waals surface area (Å²) in [6.07, 6.45) is 2.64. The van der Waals surface area contributed by atoms with E-state index in [1.54, 1.807) is 12.1 Å². The number of aromatic nitrogens is 1. The largest absolute Gasteiger partial charge is 0.486 e. The summed E-state index contributed by atoms with van der Waals surface area (Å²) in [4.78, 5) is 19.2. The van der Waals surface area contributed by atoms with Crippen molar-refractivity contribution in [2.45, 2.75) is 45.8 Å². The summed E-state index contributed by atoms with van der Waals surface area (Å²) in [5.74, 6) is 1.43. The quantitative estimate of drug-likeness (QED) is 0.676.